The molecule has 0 aliphatic carbocycles. The summed E-state index contributed by atoms with van der Waals surface area (Å²) in [6, 6.07) is 16.5. The first-order valence-corrected chi connectivity index (χ1v) is 10.7. The van der Waals surface area contributed by atoms with Gasteiger partial charge in [-0.3, -0.25) is 19.7 Å². The third-order valence-corrected chi connectivity index (χ3v) is 6.86. The van der Waals surface area contributed by atoms with Crippen molar-refractivity contribution >= 4 is 40.0 Å². The third-order valence-electron chi connectivity index (χ3n) is 6.86. The van der Waals surface area contributed by atoms with E-state index in [0.717, 1.165) is 4.90 Å². The molecule has 2 bridgehead atoms. The lowest BCUT2D eigenvalue weighted by Crippen LogP contribution is -2.54. The number of hydrogen-bond donors (Lipinski definition) is 0. The van der Waals surface area contributed by atoms with Crippen LogP contribution >= 0.6 is 0 Å². The van der Waals surface area contributed by atoms with E-state index >= 15 is 0 Å². The molecule has 3 heterocycles. The molecule has 3 aliphatic rings. The van der Waals surface area contributed by atoms with E-state index < -0.39 is 28.9 Å². The highest BCUT2D eigenvalue weighted by Gasteiger charge is 2.63. The average molecular weight is 442 g/mol. The Morgan fingerprint density at radius 2 is 1.64 bits per heavy atom. The van der Waals surface area contributed by atoms with Gasteiger partial charge in [-0.1, -0.05) is 36.4 Å². The minimum Gasteiger partial charge on any atom is -0.331 e. The fourth-order valence-electron chi connectivity index (χ4n) is 5.48. The van der Waals surface area contributed by atoms with Gasteiger partial charge in [-0.15, -0.1) is 0 Å². The zero-order valence-electron chi connectivity index (χ0n) is 17.3. The van der Waals surface area contributed by atoms with Crippen LogP contribution in [0.3, 0.4) is 0 Å². The Morgan fingerprint density at radius 1 is 0.939 bits per heavy atom. The minimum atomic E-state index is -0.752. The lowest BCUT2D eigenvalue weighted by molar-refractivity contribution is -0.383. The molecule has 6 rings (SSSR count). The molecule has 3 aliphatic heterocycles. The fraction of sp³-hybridized carbons (Fsp3) is 0.208. The van der Waals surface area contributed by atoms with Gasteiger partial charge in [-0.2, -0.15) is 0 Å². The first-order valence-electron chi connectivity index (χ1n) is 10.7. The van der Waals surface area contributed by atoms with Crippen molar-refractivity contribution in [2.75, 3.05) is 11.4 Å². The number of benzene rings is 3. The summed E-state index contributed by atoms with van der Waals surface area (Å²) in [6.45, 7) is 0.378. The Labute approximate surface area is 187 Å². The van der Waals surface area contributed by atoms with Crippen LogP contribution in [0.15, 0.2) is 66.7 Å². The monoisotopic (exact) mass is 442 g/mol. The van der Waals surface area contributed by atoms with Gasteiger partial charge in [-0.25, -0.2) is 9.69 Å². The molecule has 3 atom stereocenters. The van der Waals surface area contributed by atoms with Crippen molar-refractivity contribution in [2.45, 2.75) is 24.5 Å². The average Bonchev–Trinajstić information content (AvgIpc) is 3.50. The number of urea groups is 1. The van der Waals surface area contributed by atoms with Gasteiger partial charge < -0.3 is 9.80 Å². The van der Waals surface area contributed by atoms with Crippen LogP contribution in [-0.4, -0.2) is 57.2 Å². The number of rotatable bonds is 3. The molecule has 3 saturated heterocycles. The highest BCUT2D eigenvalue weighted by molar-refractivity contribution is 6.25. The number of piperazine rings is 1. The van der Waals surface area contributed by atoms with Crippen LogP contribution in [0.1, 0.15) is 16.8 Å². The zero-order chi connectivity index (χ0) is 22.9. The number of fused-ring (bicyclic) bond motifs is 6. The van der Waals surface area contributed by atoms with Crippen LogP contribution < -0.4 is 4.90 Å². The maximum Gasteiger partial charge on any atom is 0.332 e. The smallest absolute Gasteiger partial charge is 0.331 e. The standard InChI is InChI=1S/C24H18N4O5/c29-22(14-6-2-1-3-7-14)25-13-15-12-20(25)21-23(30)27(24(31)26(15)21)18-10-11-19(28(32)33)17-9-5-4-8-16(17)18/h1-11,15,20-21H,12-13H2/t15-,20-,21-/m0/s1. The van der Waals surface area contributed by atoms with E-state index in [4.69, 9.17) is 0 Å². The Morgan fingerprint density at radius 3 is 2.36 bits per heavy atom. The number of nitrogens with zero attached hydrogens (tertiary/aromatic N) is 4. The van der Waals surface area contributed by atoms with Crippen molar-refractivity contribution < 1.29 is 19.3 Å². The summed E-state index contributed by atoms with van der Waals surface area (Å²) < 4.78 is 0. The molecule has 3 aromatic carbocycles. The number of likely N-dealkylation sites (tertiary alicyclic amines) is 1. The molecular formula is C24H18N4O5. The topological polar surface area (TPSA) is 104 Å². The molecule has 4 amide bonds. The number of nitro groups is 1. The molecule has 0 aromatic heterocycles. The van der Waals surface area contributed by atoms with Gasteiger partial charge in [0.15, 0.2) is 0 Å². The molecular weight excluding hydrogens is 424 g/mol. The van der Waals surface area contributed by atoms with Gasteiger partial charge in [0.05, 0.1) is 28.1 Å². The second-order valence-electron chi connectivity index (χ2n) is 8.50. The van der Waals surface area contributed by atoms with Crippen LogP contribution in [0.2, 0.25) is 0 Å². The maximum atomic E-state index is 13.5. The molecule has 3 aromatic rings. The quantitative estimate of drug-likeness (QED) is 0.352. The number of nitro benzene ring substituents is 1. The van der Waals surface area contributed by atoms with E-state index in [1.807, 2.05) is 6.07 Å². The molecule has 0 radical (unpaired) electrons. The molecule has 9 heteroatoms. The summed E-state index contributed by atoms with van der Waals surface area (Å²) in [6.07, 6.45) is 0.565. The van der Waals surface area contributed by atoms with E-state index in [1.54, 1.807) is 58.3 Å². The van der Waals surface area contributed by atoms with Crippen LogP contribution in [0, 0.1) is 10.1 Å². The second kappa shape index (κ2) is 6.86. The van der Waals surface area contributed by atoms with Gasteiger partial charge in [0.1, 0.15) is 6.04 Å². The molecule has 0 N–H and O–H groups in total. The summed E-state index contributed by atoms with van der Waals surface area (Å²) >= 11 is 0. The lowest BCUT2D eigenvalue weighted by Gasteiger charge is -2.34. The van der Waals surface area contributed by atoms with Crippen molar-refractivity contribution in [1.82, 2.24) is 9.80 Å². The number of non-ortho nitro benzene ring substituents is 1. The van der Waals surface area contributed by atoms with Crippen LogP contribution in [0.25, 0.3) is 10.8 Å². The highest BCUT2D eigenvalue weighted by atomic mass is 16.6. The largest absolute Gasteiger partial charge is 0.332 e. The molecule has 0 saturated carbocycles. The summed E-state index contributed by atoms with van der Waals surface area (Å²) in [4.78, 5) is 55.4. The minimum absolute atomic E-state index is 0.0892. The number of amides is 4. The molecule has 9 nitrogen and oxygen atoms in total. The van der Waals surface area contributed by atoms with Gasteiger partial charge in [-0.05, 0) is 30.7 Å². The Bertz CT molecular complexity index is 1360. The highest BCUT2D eigenvalue weighted by Crippen LogP contribution is 2.44. The number of anilines is 1. The fourth-order valence-corrected chi connectivity index (χ4v) is 5.48. The van der Waals surface area contributed by atoms with Crippen molar-refractivity contribution in [2.24, 2.45) is 0 Å². The van der Waals surface area contributed by atoms with Gasteiger partial charge in [0.2, 0.25) is 0 Å². The maximum absolute atomic E-state index is 13.5. The number of imide groups is 1. The van der Waals surface area contributed by atoms with Crippen molar-refractivity contribution in [3.05, 3.63) is 82.4 Å². The molecule has 0 unspecified atom stereocenters. The summed E-state index contributed by atoms with van der Waals surface area (Å²) in [5, 5.41) is 12.3. The second-order valence-corrected chi connectivity index (χ2v) is 8.50. The molecule has 33 heavy (non-hydrogen) atoms. The third kappa shape index (κ3) is 2.62. The van der Waals surface area contributed by atoms with Crippen molar-refractivity contribution in [3.63, 3.8) is 0 Å². The summed E-state index contributed by atoms with van der Waals surface area (Å²) in [7, 11) is 0. The van der Waals surface area contributed by atoms with E-state index in [9.17, 15) is 24.5 Å². The molecule has 0 spiro atoms. The molecule has 3 fully saturated rings. The summed E-state index contributed by atoms with van der Waals surface area (Å²) in [5.41, 5.74) is 0.779. The zero-order valence-corrected chi connectivity index (χ0v) is 17.3. The predicted molar refractivity (Wildman–Crippen MR) is 119 cm³/mol. The number of hydrogen-bond acceptors (Lipinski definition) is 5. The summed E-state index contributed by atoms with van der Waals surface area (Å²) in [5.74, 6) is -0.556. The predicted octanol–water partition coefficient (Wildman–Crippen LogP) is 3.18. The van der Waals surface area contributed by atoms with E-state index in [1.165, 1.54) is 12.1 Å². The van der Waals surface area contributed by atoms with Crippen LogP contribution in [0.4, 0.5) is 16.2 Å². The lowest BCUT2D eigenvalue weighted by atomic mass is 10.0. The van der Waals surface area contributed by atoms with Crippen molar-refractivity contribution in [1.29, 1.82) is 0 Å². The molecule has 164 valence electrons. The number of carbonyl (C=O) groups is 3. The SMILES string of the molecule is O=C1[C@@H]2[C@@H]3C[C@@H](CN3C(=O)c3ccccc3)N2C(=O)N1c1ccc([N+](=O)[O-])c2ccccc12. The normalized spacial score (nSPS) is 23.5. The number of carbonyl (C=O) groups excluding carboxylic acids is 3. The van der Waals surface area contributed by atoms with E-state index in [2.05, 4.69) is 0 Å². The van der Waals surface area contributed by atoms with Crippen molar-refractivity contribution in [3.8, 4) is 0 Å². The Kier molecular flexibility index (Phi) is 4.04. The Balaban J connectivity index is 1.38. The van der Waals surface area contributed by atoms with Crippen LogP contribution in [-0.2, 0) is 4.79 Å². The van der Waals surface area contributed by atoms with Crippen LogP contribution in [0.5, 0.6) is 0 Å². The van der Waals surface area contributed by atoms with Gasteiger partial charge in [0, 0.05) is 23.6 Å². The van der Waals surface area contributed by atoms with Gasteiger partial charge in [0.25, 0.3) is 17.5 Å². The van der Waals surface area contributed by atoms with E-state index in [-0.39, 0.29) is 17.6 Å². The van der Waals surface area contributed by atoms with Gasteiger partial charge >= 0.3 is 6.03 Å². The first kappa shape index (κ1) is 19.4. The Hall–Kier alpha value is -4.27. The first-order chi connectivity index (χ1) is 16.0. The van der Waals surface area contributed by atoms with E-state index in [0.29, 0.717) is 35.0 Å².